The molecule has 37 heavy (non-hydrogen) atoms. The number of hydrogen-bond donors (Lipinski definition) is 2. The van der Waals surface area contributed by atoms with Gasteiger partial charge in [0.1, 0.15) is 24.6 Å². The number of nitrogens with zero attached hydrogens (tertiary/aromatic N) is 3. The molecule has 2 N–H and O–H groups in total. The lowest BCUT2D eigenvalue weighted by Crippen LogP contribution is -2.42. The summed E-state index contributed by atoms with van der Waals surface area (Å²) in [5.74, 6) is 0.879. The molecule has 2 aromatic heterocycles. The van der Waals surface area contributed by atoms with E-state index in [1.165, 1.54) is 0 Å². The third kappa shape index (κ3) is 5.52. The maximum absolute atomic E-state index is 15.8. The lowest BCUT2D eigenvalue weighted by molar-refractivity contribution is 0.0492. The van der Waals surface area contributed by atoms with Crippen LogP contribution >= 0.6 is 0 Å². The molecule has 0 atom stereocenters. The van der Waals surface area contributed by atoms with E-state index in [1.54, 1.807) is 31.3 Å². The largest absolute Gasteiger partial charge is 0.484 e. The van der Waals surface area contributed by atoms with Gasteiger partial charge in [0, 0.05) is 29.4 Å². The van der Waals surface area contributed by atoms with Crippen molar-refractivity contribution in [2.24, 2.45) is 0 Å². The van der Waals surface area contributed by atoms with Crippen LogP contribution in [0.5, 0.6) is 11.6 Å². The highest BCUT2D eigenvalue weighted by Gasteiger charge is 2.26. The highest BCUT2D eigenvalue weighted by molar-refractivity contribution is 5.89. The maximum atomic E-state index is 15.8. The van der Waals surface area contributed by atoms with Crippen molar-refractivity contribution < 1.29 is 23.4 Å². The number of aromatic nitrogens is 3. The fraction of sp³-hybridized carbons (Fsp3) is 0.481. The summed E-state index contributed by atoms with van der Waals surface area (Å²) >= 11 is 0. The first-order chi connectivity index (χ1) is 17.7. The van der Waals surface area contributed by atoms with Crippen molar-refractivity contribution in [3.8, 4) is 22.8 Å². The first kappa shape index (κ1) is 25.0. The molecule has 0 radical (unpaired) electrons. The fourth-order valence-electron chi connectivity index (χ4n) is 4.83. The quantitative estimate of drug-likeness (QED) is 0.497. The van der Waals surface area contributed by atoms with E-state index in [2.05, 4.69) is 25.6 Å². The molecule has 1 aromatic carbocycles. The van der Waals surface area contributed by atoms with Gasteiger partial charge in [-0.15, -0.1) is 0 Å². The third-order valence-corrected chi connectivity index (χ3v) is 6.49. The summed E-state index contributed by atoms with van der Waals surface area (Å²) in [7, 11) is 0. The zero-order valence-electron chi connectivity index (χ0n) is 21.6. The molecule has 1 aliphatic heterocycles. The summed E-state index contributed by atoms with van der Waals surface area (Å²) in [6, 6.07) is 5.46. The van der Waals surface area contributed by atoms with E-state index in [-0.39, 0.29) is 18.2 Å². The van der Waals surface area contributed by atoms with Gasteiger partial charge in [-0.25, -0.2) is 24.1 Å². The molecule has 1 fully saturated rings. The Morgan fingerprint density at radius 3 is 2.51 bits per heavy atom. The highest BCUT2D eigenvalue weighted by atomic mass is 19.1. The predicted octanol–water partition coefficient (Wildman–Crippen LogP) is 5.16. The van der Waals surface area contributed by atoms with Crippen LogP contribution in [0.2, 0.25) is 0 Å². The van der Waals surface area contributed by atoms with E-state index in [0.29, 0.717) is 58.5 Å². The molecule has 3 heterocycles. The van der Waals surface area contributed by atoms with Gasteiger partial charge in [0.05, 0.1) is 16.6 Å². The molecule has 0 unspecified atom stereocenters. The SMILES string of the molecule is Cc1nc(N[C@H]2CC[C@@H](NC(=O)OC(C)(C)C)CC2)nc2ccc(-c3ccnc4c3OCCO4)c(F)c12. The normalized spacial score (nSPS) is 19.4. The van der Waals surface area contributed by atoms with E-state index in [4.69, 9.17) is 14.2 Å². The minimum atomic E-state index is -0.520. The lowest BCUT2D eigenvalue weighted by Gasteiger charge is -2.30. The molecule has 9 nitrogen and oxygen atoms in total. The van der Waals surface area contributed by atoms with Crippen LogP contribution in [-0.2, 0) is 4.74 Å². The Kier molecular flexibility index (Phi) is 6.74. The van der Waals surface area contributed by atoms with Crippen molar-refractivity contribution in [1.82, 2.24) is 20.3 Å². The molecule has 196 valence electrons. The van der Waals surface area contributed by atoms with Crippen LogP contribution in [0.25, 0.3) is 22.0 Å². The van der Waals surface area contributed by atoms with Crippen LogP contribution in [0.3, 0.4) is 0 Å². The number of fused-ring (bicyclic) bond motifs is 2. The topological polar surface area (TPSA) is 107 Å². The summed E-state index contributed by atoms with van der Waals surface area (Å²) in [6.07, 6.45) is 4.55. The minimum Gasteiger partial charge on any atom is -0.484 e. The van der Waals surface area contributed by atoms with Gasteiger partial charge in [0.2, 0.25) is 5.95 Å². The average molecular weight is 510 g/mol. The summed E-state index contributed by atoms with van der Waals surface area (Å²) in [5, 5.41) is 6.72. The van der Waals surface area contributed by atoms with Crippen LogP contribution < -0.4 is 20.1 Å². The molecule has 2 aliphatic rings. The summed E-state index contributed by atoms with van der Waals surface area (Å²) in [5.41, 5.74) is 1.53. The number of halogens is 1. The summed E-state index contributed by atoms with van der Waals surface area (Å²) < 4.78 is 32.4. The van der Waals surface area contributed by atoms with Crippen molar-refractivity contribution in [3.05, 3.63) is 35.9 Å². The number of carbonyl (C=O) groups excluding carboxylic acids is 1. The van der Waals surface area contributed by atoms with E-state index in [9.17, 15) is 4.79 Å². The first-order valence-electron chi connectivity index (χ1n) is 12.7. The summed E-state index contributed by atoms with van der Waals surface area (Å²) in [4.78, 5) is 25.4. The number of pyridine rings is 1. The zero-order chi connectivity index (χ0) is 26.2. The van der Waals surface area contributed by atoms with Gasteiger partial charge in [0.25, 0.3) is 5.88 Å². The third-order valence-electron chi connectivity index (χ3n) is 6.49. The molecular formula is C27H32FN5O4. The monoisotopic (exact) mass is 509 g/mol. The second-order valence-corrected chi connectivity index (χ2v) is 10.5. The van der Waals surface area contributed by atoms with Crippen LogP contribution in [0, 0.1) is 12.7 Å². The average Bonchev–Trinajstić information content (AvgIpc) is 2.84. The number of rotatable bonds is 4. The van der Waals surface area contributed by atoms with Crippen LogP contribution in [0.4, 0.5) is 15.1 Å². The molecule has 10 heteroatoms. The number of carbonyl (C=O) groups is 1. The molecule has 0 bridgehead atoms. The molecule has 0 saturated heterocycles. The van der Waals surface area contributed by atoms with Crippen LogP contribution in [0.1, 0.15) is 52.1 Å². The Morgan fingerprint density at radius 1 is 1.03 bits per heavy atom. The summed E-state index contributed by atoms with van der Waals surface area (Å²) in [6.45, 7) is 8.13. The Hall–Kier alpha value is -3.69. The lowest BCUT2D eigenvalue weighted by atomic mass is 9.91. The number of hydrogen-bond acceptors (Lipinski definition) is 8. The molecule has 0 spiro atoms. The molecule has 1 saturated carbocycles. The van der Waals surface area contributed by atoms with E-state index >= 15 is 4.39 Å². The molecular weight excluding hydrogens is 477 g/mol. The number of alkyl carbamates (subject to hydrolysis) is 1. The van der Waals surface area contributed by atoms with Gasteiger partial charge in [-0.05, 0) is 71.6 Å². The fourth-order valence-corrected chi connectivity index (χ4v) is 4.83. The Labute approximate surface area is 215 Å². The molecule has 1 aliphatic carbocycles. The second-order valence-electron chi connectivity index (χ2n) is 10.5. The van der Waals surface area contributed by atoms with Gasteiger partial charge in [0.15, 0.2) is 5.75 Å². The maximum Gasteiger partial charge on any atom is 0.407 e. The van der Waals surface area contributed by atoms with Gasteiger partial charge in [-0.3, -0.25) is 0 Å². The van der Waals surface area contributed by atoms with Crippen LogP contribution in [0.15, 0.2) is 24.4 Å². The number of ether oxygens (including phenoxy) is 3. The Morgan fingerprint density at radius 2 is 1.76 bits per heavy atom. The predicted molar refractivity (Wildman–Crippen MR) is 137 cm³/mol. The number of nitrogens with one attached hydrogen (secondary N) is 2. The number of aryl methyl sites for hydroxylation is 1. The Balaban J connectivity index is 1.30. The number of amides is 1. The highest BCUT2D eigenvalue weighted by Crippen LogP contribution is 2.40. The van der Waals surface area contributed by atoms with Crippen molar-refractivity contribution in [3.63, 3.8) is 0 Å². The smallest absolute Gasteiger partial charge is 0.407 e. The van der Waals surface area contributed by atoms with Gasteiger partial charge in [-0.2, -0.15) is 0 Å². The van der Waals surface area contributed by atoms with Gasteiger partial charge in [-0.1, -0.05) is 0 Å². The molecule has 1 amide bonds. The van der Waals surface area contributed by atoms with Crippen molar-refractivity contribution in [1.29, 1.82) is 0 Å². The molecule has 5 rings (SSSR count). The van der Waals surface area contributed by atoms with E-state index < -0.39 is 11.4 Å². The second kappa shape index (κ2) is 9.99. The van der Waals surface area contributed by atoms with E-state index in [0.717, 1.165) is 25.7 Å². The van der Waals surface area contributed by atoms with Crippen molar-refractivity contribution in [2.75, 3.05) is 18.5 Å². The van der Waals surface area contributed by atoms with E-state index in [1.807, 2.05) is 20.8 Å². The van der Waals surface area contributed by atoms with Gasteiger partial charge >= 0.3 is 6.09 Å². The Bertz CT molecular complexity index is 1320. The minimum absolute atomic E-state index is 0.0768. The van der Waals surface area contributed by atoms with Crippen molar-refractivity contribution >= 4 is 22.9 Å². The standard InChI is InChI=1S/C27H32FN5O4/c1-15-21-20(10-9-18(22(21)28)19-11-12-29-24-23(19)35-13-14-36-24)33-25(30-15)31-16-5-7-17(8-6-16)32-26(34)37-27(2,3)4/h9-12,16-17H,5-8,13-14H2,1-4H3,(H,32,34)(H,30,31,33)/t16-,17+. The van der Waals surface area contributed by atoms with Crippen LogP contribution in [-0.4, -0.2) is 51.9 Å². The van der Waals surface area contributed by atoms with Gasteiger partial charge < -0.3 is 24.8 Å². The van der Waals surface area contributed by atoms with Crippen molar-refractivity contribution in [2.45, 2.75) is 71.1 Å². The number of anilines is 1. The molecule has 3 aromatic rings. The zero-order valence-corrected chi connectivity index (χ0v) is 21.6. The number of benzene rings is 1. The first-order valence-corrected chi connectivity index (χ1v) is 12.7.